The van der Waals surface area contributed by atoms with Gasteiger partial charge in [0.1, 0.15) is 17.0 Å². The number of aryl methyl sites for hydroxylation is 1. The third-order valence-corrected chi connectivity index (χ3v) is 7.76. The van der Waals surface area contributed by atoms with Crippen LogP contribution in [0.3, 0.4) is 0 Å². The molecule has 1 saturated carbocycles. The van der Waals surface area contributed by atoms with Crippen molar-refractivity contribution in [2.45, 2.75) is 59.7 Å². The van der Waals surface area contributed by atoms with E-state index >= 15 is 0 Å². The van der Waals surface area contributed by atoms with E-state index < -0.39 is 11.7 Å². The largest absolute Gasteiger partial charge is 0.443 e. The molecule has 3 aliphatic rings. The highest BCUT2D eigenvalue weighted by Gasteiger charge is 2.36. The van der Waals surface area contributed by atoms with Crippen LogP contribution in [0.15, 0.2) is 58.8 Å². The zero-order valence-electron chi connectivity index (χ0n) is 22.7. The van der Waals surface area contributed by atoms with E-state index in [-0.39, 0.29) is 18.0 Å². The fraction of sp³-hybridized carbons (Fsp3) is 0.367. The lowest BCUT2D eigenvalue weighted by atomic mass is 10.1. The number of nitrogens with zero attached hydrogens (tertiary/aromatic N) is 4. The van der Waals surface area contributed by atoms with Crippen LogP contribution in [0.1, 0.15) is 55.7 Å². The van der Waals surface area contributed by atoms with Crippen LogP contribution in [-0.4, -0.2) is 38.2 Å². The van der Waals surface area contributed by atoms with E-state index in [1.165, 1.54) is 15.7 Å². The summed E-state index contributed by atoms with van der Waals surface area (Å²) in [6.07, 6.45) is 6.33. The monoisotopic (exact) mass is 546 g/mol. The molecular weight excluding hydrogens is 516 g/mol. The number of hydrogen-bond acceptors (Lipinski definition) is 5. The molecule has 0 bridgehead atoms. The van der Waals surface area contributed by atoms with Gasteiger partial charge < -0.3 is 19.1 Å². The number of carbonyl (C=O) groups is 2. The normalized spacial score (nSPS) is 18.5. The average Bonchev–Trinajstić information content (AvgIpc) is 3.55. The second kappa shape index (κ2) is 8.88. The van der Waals surface area contributed by atoms with Crippen LogP contribution in [0.25, 0.3) is 10.9 Å². The number of ether oxygens (including phenoxy) is 1. The second-order valence-corrected chi connectivity index (χ2v) is 12.1. The molecule has 0 spiro atoms. The summed E-state index contributed by atoms with van der Waals surface area (Å²) in [4.78, 5) is 43.7. The Kier molecular flexibility index (Phi) is 5.80. The highest BCUT2D eigenvalue weighted by molar-refractivity contribution is 6.31. The summed E-state index contributed by atoms with van der Waals surface area (Å²) in [6, 6.07) is 7.08. The molecule has 202 valence electrons. The van der Waals surface area contributed by atoms with Crippen LogP contribution < -0.4 is 10.5 Å². The summed E-state index contributed by atoms with van der Waals surface area (Å²) in [6.45, 7) is 10.5. The molecule has 2 aliphatic heterocycles. The van der Waals surface area contributed by atoms with E-state index in [1.54, 1.807) is 33.9 Å². The number of allylic oxidation sites excluding steroid dienone is 2. The topological polar surface area (TPSA) is 76.8 Å². The number of benzene rings is 1. The maximum absolute atomic E-state index is 13.6. The molecule has 1 fully saturated rings. The summed E-state index contributed by atoms with van der Waals surface area (Å²) in [5.41, 5.74) is 4.96. The zero-order chi connectivity index (χ0) is 27.8. The lowest BCUT2D eigenvalue weighted by molar-refractivity contribution is 0.0544. The van der Waals surface area contributed by atoms with Crippen LogP contribution in [0.5, 0.6) is 0 Å². The van der Waals surface area contributed by atoms with E-state index in [2.05, 4.69) is 6.92 Å². The Balaban J connectivity index is 1.32. The Hall–Kier alpha value is -3.78. The first-order chi connectivity index (χ1) is 18.4. The lowest BCUT2D eigenvalue weighted by Gasteiger charge is -2.30. The Morgan fingerprint density at radius 2 is 1.87 bits per heavy atom. The van der Waals surface area contributed by atoms with E-state index in [4.69, 9.17) is 16.3 Å². The highest BCUT2D eigenvalue weighted by Crippen LogP contribution is 2.46. The van der Waals surface area contributed by atoms with Crippen molar-refractivity contribution < 1.29 is 14.3 Å². The first kappa shape index (κ1) is 25.5. The number of anilines is 1. The van der Waals surface area contributed by atoms with Gasteiger partial charge in [-0.3, -0.25) is 14.2 Å². The first-order valence-electron chi connectivity index (χ1n) is 13.1. The molecule has 4 heterocycles. The molecule has 0 N–H and O–H groups in total. The lowest BCUT2D eigenvalue weighted by Crippen LogP contribution is -2.44. The summed E-state index contributed by atoms with van der Waals surface area (Å²) in [7, 11) is 0. The number of fused-ring (bicyclic) bond motifs is 3. The fourth-order valence-electron chi connectivity index (χ4n) is 5.62. The second-order valence-electron chi connectivity index (χ2n) is 11.7. The summed E-state index contributed by atoms with van der Waals surface area (Å²) in [5, 5.41) is 1.34. The van der Waals surface area contributed by atoms with E-state index in [0.717, 1.165) is 22.9 Å². The van der Waals surface area contributed by atoms with E-state index in [0.29, 0.717) is 40.9 Å². The maximum atomic E-state index is 13.6. The van der Waals surface area contributed by atoms with Crippen molar-refractivity contribution >= 4 is 40.2 Å². The molecule has 1 aliphatic carbocycles. The summed E-state index contributed by atoms with van der Waals surface area (Å²) >= 11 is 6.39. The predicted molar refractivity (Wildman–Crippen MR) is 151 cm³/mol. The maximum Gasteiger partial charge on any atom is 0.419 e. The number of carbonyl (C=O) groups excluding carboxylic acids is 2. The van der Waals surface area contributed by atoms with Crippen LogP contribution in [0, 0.1) is 12.8 Å². The molecule has 39 heavy (non-hydrogen) atoms. The number of aromatic nitrogens is 2. The van der Waals surface area contributed by atoms with Crippen LogP contribution >= 0.6 is 11.6 Å². The standard InChI is InChI=1S/C30H31ClN4O4/c1-17-10-21(31)12-23-20(16-35(26(17)23)29(38)39-30(3,4)5)15-32-8-9-34-25(27(32)36)7-6-24(28(34)37)33-13-18(2)22-11-19(22)14-33/h6-7,10,12-14,16,22H,8-9,11,15H2,1-5H3. The van der Waals surface area contributed by atoms with Gasteiger partial charge in [-0.15, -0.1) is 0 Å². The third kappa shape index (κ3) is 4.46. The van der Waals surface area contributed by atoms with E-state index in [1.807, 2.05) is 51.1 Å². The Morgan fingerprint density at radius 1 is 1.10 bits per heavy atom. The molecule has 2 aromatic heterocycles. The molecule has 0 radical (unpaired) electrons. The van der Waals surface area contributed by atoms with Crippen molar-refractivity contribution in [2.75, 3.05) is 11.4 Å². The molecule has 1 amide bonds. The Morgan fingerprint density at radius 3 is 2.59 bits per heavy atom. The molecule has 1 aromatic carbocycles. The minimum atomic E-state index is -0.660. The number of rotatable bonds is 3. The summed E-state index contributed by atoms with van der Waals surface area (Å²) < 4.78 is 8.70. The van der Waals surface area contributed by atoms with Crippen LogP contribution in [0.2, 0.25) is 5.02 Å². The van der Waals surface area contributed by atoms with Gasteiger partial charge in [0.25, 0.3) is 11.5 Å². The van der Waals surface area contributed by atoms with Crippen molar-refractivity contribution in [3.63, 3.8) is 0 Å². The number of hydrogen-bond donors (Lipinski definition) is 0. The third-order valence-electron chi connectivity index (χ3n) is 7.55. The highest BCUT2D eigenvalue weighted by atomic mass is 35.5. The number of pyridine rings is 1. The molecule has 0 saturated heterocycles. The van der Waals surface area contributed by atoms with Crippen LogP contribution in [0.4, 0.5) is 10.5 Å². The molecule has 9 heteroatoms. The smallest absolute Gasteiger partial charge is 0.419 e. The van der Waals surface area contributed by atoms with Gasteiger partial charge in [0.15, 0.2) is 0 Å². The molecule has 6 rings (SSSR count). The van der Waals surface area contributed by atoms with Crippen LogP contribution in [-0.2, 0) is 17.8 Å². The fourth-order valence-corrected chi connectivity index (χ4v) is 5.89. The van der Waals surface area contributed by atoms with Gasteiger partial charge in [-0.2, -0.15) is 0 Å². The molecule has 3 aromatic rings. The van der Waals surface area contributed by atoms with Gasteiger partial charge in [-0.05, 0) is 87.6 Å². The van der Waals surface area contributed by atoms with Gasteiger partial charge in [-0.25, -0.2) is 4.79 Å². The minimum Gasteiger partial charge on any atom is -0.443 e. The average molecular weight is 547 g/mol. The number of amides is 1. The SMILES string of the molecule is CC1=CN(c2ccc3n(c2=O)CCN(Cc2cn(C(=O)OC(C)(C)C)c4c(C)cc(Cl)cc24)C3=O)C=C2CC12. The zero-order valence-corrected chi connectivity index (χ0v) is 23.5. The molecule has 1 atom stereocenters. The number of halogens is 1. The first-order valence-corrected chi connectivity index (χ1v) is 13.5. The molecule has 1 unspecified atom stereocenters. The van der Waals surface area contributed by atoms with Crippen molar-refractivity contribution in [1.82, 2.24) is 14.0 Å². The van der Waals surface area contributed by atoms with Crippen molar-refractivity contribution in [3.05, 3.63) is 86.2 Å². The van der Waals surface area contributed by atoms with E-state index in [9.17, 15) is 14.4 Å². The predicted octanol–water partition coefficient (Wildman–Crippen LogP) is 5.83. The minimum absolute atomic E-state index is 0.176. The van der Waals surface area contributed by atoms with Gasteiger partial charge >= 0.3 is 6.09 Å². The Labute approximate surface area is 231 Å². The van der Waals surface area contributed by atoms with Gasteiger partial charge in [0.2, 0.25) is 0 Å². The van der Waals surface area contributed by atoms with Gasteiger partial charge in [0, 0.05) is 54.6 Å². The molecule has 8 nitrogen and oxygen atoms in total. The molecular formula is C30H31ClN4O4. The van der Waals surface area contributed by atoms with Gasteiger partial charge in [-0.1, -0.05) is 11.6 Å². The van der Waals surface area contributed by atoms with Crippen molar-refractivity contribution in [3.8, 4) is 0 Å². The van der Waals surface area contributed by atoms with Crippen molar-refractivity contribution in [1.29, 1.82) is 0 Å². The summed E-state index contributed by atoms with van der Waals surface area (Å²) in [5.74, 6) is 0.296. The quantitative estimate of drug-likeness (QED) is 0.413. The van der Waals surface area contributed by atoms with Gasteiger partial charge in [0.05, 0.1) is 5.52 Å². The van der Waals surface area contributed by atoms with Crippen molar-refractivity contribution in [2.24, 2.45) is 5.92 Å². The Bertz CT molecular complexity index is 1690.